The summed E-state index contributed by atoms with van der Waals surface area (Å²) in [6.45, 7) is 0. The number of H-pyrrole nitrogens is 1. The van der Waals surface area contributed by atoms with E-state index in [-0.39, 0.29) is 17.5 Å². The molecule has 0 atom stereocenters. The molecule has 0 unspecified atom stereocenters. The highest BCUT2D eigenvalue weighted by Crippen LogP contribution is 2.23. The van der Waals surface area contributed by atoms with Crippen LogP contribution in [0.4, 0.5) is 0 Å². The van der Waals surface area contributed by atoms with Crippen molar-refractivity contribution in [2.45, 2.75) is 38.1 Å². The van der Waals surface area contributed by atoms with E-state index in [2.05, 4.69) is 15.5 Å². The van der Waals surface area contributed by atoms with E-state index >= 15 is 0 Å². The van der Waals surface area contributed by atoms with Crippen molar-refractivity contribution in [1.29, 1.82) is 5.26 Å². The van der Waals surface area contributed by atoms with Crippen LogP contribution >= 0.6 is 0 Å². The number of aromatic amines is 1. The van der Waals surface area contributed by atoms with Crippen molar-refractivity contribution < 1.29 is 4.79 Å². The molecular formula is C19H20N4O. The Hall–Kier alpha value is -2.87. The first-order valence-corrected chi connectivity index (χ1v) is 8.29. The van der Waals surface area contributed by atoms with Crippen LogP contribution in [-0.4, -0.2) is 22.1 Å². The third-order valence-electron chi connectivity index (χ3n) is 4.34. The van der Waals surface area contributed by atoms with E-state index < -0.39 is 0 Å². The second-order valence-electron chi connectivity index (χ2n) is 6.04. The molecule has 1 aromatic carbocycles. The molecule has 2 N–H and O–H groups in total. The lowest BCUT2D eigenvalue weighted by atomic mass is 9.95. The molecule has 0 bridgehead atoms. The Labute approximate surface area is 141 Å². The molecule has 0 spiro atoms. The number of hydrogen-bond acceptors (Lipinski definition) is 3. The van der Waals surface area contributed by atoms with Gasteiger partial charge in [0.25, 0.3) is 5.91 Å². The fourth-order valence-corrected chi connectivity index (χ4v) is 3.06. The SMILES string of the molecule is N#C/C(=C/c1cn[nH]c1-c1ccccc1)C(=O)NC1CCCCC1. The number of aromatic nitrogens is 2. The van der Waals surface area contributed by atoms with Crippen LogP contribution in [0, 0.1) is 11.3 Å². The van der Waals surface area contributed by atoms with Crippen LogP contribution in [0.2, 0.25) is 0 Å². The maximum atomic E-state index is 12.4. The van der Waals surface area contributed by atoms with Crippen LogP contribution in [0.1, 0.15) is 37.7 Å². The predicted molar refractivity (Wildman–Crippen MR) is 92.6 cm³/mol. The topological polar surface area (TPSA) is 81.6 Å². The first kappa shape index (κ1) is 16.0. The number of nitrogens with zero attached hydrogens (tertiary/aromatic N) is 2. The van der Waals surface area contributed by atoms with Crippen molar-refractivity contribution in [3.05, 3.63) is 47.7 Å². The van der Waals surface area contributed by atoms with Crippen LogP contribution in [0.5, 0.6) is 0 Å². The minimum absolute atomic E-state index is 0.110. The van der Waals surface area contributed by atoms with E-state index in [4.69, 9.17) is 0 Å². The largest absolute Gasteiger partial charge is 0.349 e. The van der Waals surface area contributed by atoms with Gasteiger partial charge in [0.1, 0.15) is 11.6 Å². The number of nitriles is 1. The zero-order valence-electron chi connectivity index (χ0n) is 13.5. The van der Waals surface area contributed by atoms with Crippen LogP contribution in [0.15, 0.2) is 42.1 Å². The Morgan fingerprint density at radius 3 is 2.71 bits per heavy atom. The maximum Gasteiger partial charge on any atom is 0.262 e. The fourth-order valence-electron chi connectivity index (χ4n) is 3.06. The van der Waals surface area contributed by atoms with Gasteiger partial charge in [-0.2, -0.15) is 10.4 Å². The standard InChI is InChI=1S/C19H20N4O/c20-12-15(19(24)22-17-9-5-2-6-10-17)11-16-13-21-23-18(16)14-7-3-1-4-8-14/h1,3-4,7-8,11,13,17H,2,5-6,9-10H2,(H,21,23)(H,22,24)/b15-11-. The van der Waals surface area contributed by atoms with Crippen molar-refractivity contribution in [3.63, 3.8) is 0 Å². The molecule has 1 aromatic heterocycles. The average molecular weight is 320 g/mol. The minimum Gasteiger partial charge on any atom is -0.349 e. The monoisotopic (exact) mass is 320 g/mol. The Morgan fingerprint density at radius 2 is 2.00 bits per heavy atom. The molecule has 5 nitrogen and oxygen atoms in total. The summed E-state index contributed by atoms with van der Waals surface area (Å²) in [4.78, 5) is 12.4. The molecule has 1 aliphatic carbocycles. The summed E-state index contributed by atoms with van der Waals surface area (Å²) >= 11 is 0. The second kappa shape index (κ2) is 7.60. The molecule has 0 aliphatic heterocycles. The van der Waals surface area contributed by atoms with Gasteiger partial charge >= 0.3 is 0 Å². The molecule has 1 fully saturated rings. The lowest BCUT2D eigenvalue weighted by molar-refractivity contribution is -0.117. The van der Waals surface area contributed by atoms with E-state index in [1.54, 1.807) is 12.3 Å². The number of carbonyl (C=O) groups is 1. The maximum absolute atomic E-state index is 12.4. The summed E-state index contributed by atoms with van der Waals surface area (Å²) < 4.78 is 0. The van der Waals surface area contributed by atoms with Gasteiger partial charge < -0.3 is 5.32 Å². The first-order valence-electron chi connectivity index (χ1n) is 8.29. The molecule has 1 heterocycles. The molecule has 1 amide bonds. The highest BCUT2D eigenvalue weighted by molar-refractivity contribution is 6.02. The van der Waals surface area contributed by atoms with Crippen LogP contribution in [0.3, 0.4) is 0 Å². The predicted octanol–water partition coefficient (Wildman–Crippen LogP) is 3.43. The smallest absolute Gasteiger partial charge is 0.262 e. The van der Waals surface area contributed by atoms with Crippen molar-refractivity contribution in [2.24, 2.45) is 0 Å². The number of hydrogen-bond donors (Lipinski definition) is 2. The summed E-state index contributed by atoms with van der Waals surface area (Å²) in [5.41, 5.74) is 2.61. The zero-order valence-corrected chi connectivity index (χ0v) is 13.5. The van der Waals surface area contributed by atoms with Gasteiger partial charge in [0.05, 0.1) is 11.9 Å². The van der Waals surface area contributed by atoms with Crippen molar-refractivity contribution in [2.75, 3.05) is 0 Å². The Kier molecular flexibility index (Phi) is 5.07. The molecule has 122 valence electrons. The summed E-state index contributed by atoms with van der Waals surface area (Å²) in [5.74, 6) is -0.301. The van der Waals surface area contributed by atoms with Crippen LogP contribution in [0.25, 0.3) is 17.3 Å². The highest BCUT2D eigenvalue weighted by atomic mass is 16.1. The lowest BCUT2D eigenvalue weighted by Crippen LogP contribution is -2.36. The van der Waals surface area contributed by atoms with Crippen molar-refractivity contribution in [1.82, 2.24) is 15.5 Å². The number of carbonyl (C=O) groups excluding carboxylic acids is 1. The third-order valence-corrected chi connectivity index (χ3v) is 4.34. The van der Waals surface area contributed by atoms with Gasteiger partial charge in [0.15, 0.2) is 0 Å². The van der Waals surface area contributed by atoms with E-state index in [0.717, 1.165) is 42.5 Å². The number of benzene rings is 1. The quantitative estimate of drug-likeness (QED) is 0.669. The minimum atomic E-state index is -0.301. The van der Waals surface area contributed by atoms with Crippen molar-refractivity contribution in [3.8, 4) is 17.3 Å². The Balaban J connectivity index is 1.80. The Morgan fingerprint density at radius 1 is 1.25 bits per heavy atom. The molecule has 5 heteroatoms. The third kappa shape index (κ3) is 3.72. The number of amides is 1. The first-order chi connectivity index (χ1) is 11.8. The van der Waals surface area contributed by atoms with Crippen LogP contribution in [-0.2, 0) is 4.79 Å². The van der Waals surface area contributed by atoms with Crippen LogP contribution < -0.4 is 5.32 Å². The molecular weight excluding hydrogens is 300 g/mol. The zero-order chi connectivity index (χ0) is 16.8. The van der Waals surface area contributed by atoms with Crippen molar-refractivity contribution >= 4 is 12.0 Å². The molecule has 0 saturated heterocycles. The average Bonchev–Trinajstić information content (AvgIpc) is 3.09. The summed E-state index contributed by atoms with van der Waals surface area (Å²) in [6.07, 6.45) is 8.71. The van der Waals surface area contributed by atoms with Gasteiger partial charge in [-0.05, 0) is 18.9 Å². The van der Waals surface area contributed by atoms with E-state index in [9.17, 15) is 10.1 Å². The van der Waals surface area contributed by atoms with E-state index in [1.807, 2.05) is 36.4 Å². The van der Waals surface area contributed by atoms with Gasteiger partial charge in [0, 0.05) is 17.2 Å². The van der Waals surface area contributed by atoms with E-state index in [1.165, 1.54) is 6.42 Å². The molecule has 24 heavy (non-hydrogen) atoms. The van der Waals surface area contributed by atoms with Gasteiger partial charge in [0.2, 0.25) is 0 Å². The summed E-state index contributed by atoms with van der Waals surface area (Å²) in [6, 6.07) is 11.9. The van der Waals surface area contributed by atoms with Gasteiger partial charge in [-0.15, -0.1) is 0 Å². The second-order valence-corrected chi connectivity index (χ2v) is 6.04. The van der Waals surface area contributed by atoms with Gasteiger partial charge in [-0.1, -0.05) is 49.6 Å². The summed E-state index contributed by atoms with van der Waals surface area (Å²) in [7, 11) is 0. The number of rotatable bonds is 4. The molecule has 0 radical (unpaired) electrons. The normalized spacial score (nSPS) is 15.7. The van der Waals surface area contributed by atoms with Gasteiger partial charge in [-0.3, -0.25) is 9.89 Å². The lowest BCUT2D eigenvalue weighted by Gasteiger charge is -2.22. The fraction of sp³-hybridized carbons (Fsp3) is 0.316. The molecule has 2 aromatic rings. The molecule has 1 saturated carbocycles. The van der Waals surface area contributed by atoms with E-state index in [0.29, 0.717) is 0 Å². The number of nitrogens with one attached hydrogen (secondary N) is 2. The van der Waals surface area contributed by atoms with Gasteiger partial charge in [-0.25, -0.2) is 0 Å². The Bertz CT molecular complexity index is 764. The summed E-state index contributed by atoms with van der Waals surface area (Å²) in [5, 5.41) is 19.3. The molecule has 1 aliphatic rings. The highest BCUT2D eigenvalue weighted by Gasteiger charge is 2.18. The molecule has 3 rings (SSSR count).